The lowest BCUT2D eigenvalue weighted by atomic mass is 10.0. The highest BCUT2D eigenvalue weighted by atomic mass is 16.1. The molecule has 0 aliphatic heterocycles. The number of hydrogen-bond donors (Lipinski definition) is 1. The minimum atomic E-state index is 0.222. The maximum Gasteiger partial charge on any atom is 0.219 e. The Morgan fingerprint density at radius 3 is 1.12 bits per heavy atom. The van der Waals surface area contributed by atoms with Crippen LogP contribution >= 0.6 is 0 Å². The van der Waals surface area contributed by atoms with E-state index in [1.807, 2.05) is 6.92 Å². The predicted octanol–water partition coefficient (Wildman–Crippen LogP) is 7.94. The normalized spacial score (nSPS) is 11.0. The zero-order valence-electron chi connectivity index (χ0n) is 18.3. The van der Waals surface area contributed by atoms with Gasteiger partial charge in [-0.25, -0.2) is 0 Å². The maximum absolute atomic E-state index is 11.3. The molecule has 0 aliphatic carbocycles. The predicted molar refractivity (Wildman–Crippen MR) is 117 cm³/mol. The Morgan fingerprint density at radius 1 is 0.500 bits per heavy atom. The molecule has 26 heavy (non-hydrogen) atoms. The number of hydrogen-bond acceptors (Lipinski definition) is 1. The van der Waals surface area contributed by atoms with Gasteiger partial charge in [0.2, 0.25) is 5.91 Å². The van der Waals surface area contributed by atoms with Crippen LogP contribution in [-0.4, -0.2) is 12.5 Å². The van der Waals surface area contributed by atoms with Crippen molar-refractivity contribution in [3.8, 4) is 0 Å². The first kappa shape index (κ1) is 25.5. The van der Waals surface area contributed by atoms with E-state index in [9.17, 15) is 4.79 Å². The SMILES string of the molecule is CCCCCCCCCCCCCCCCCCCCCC(=O)NCC. The van der Waals surface area contributed by atoms with Gasteiger partial charge in [0.25, 0.3) is 0 Å². The van der Waals surface area contributed by atoms with Crippen molar-refractivity contribution in [3.63, 3.8) is 0 Å². The first-order chi connectivity index (χ1) is 12.8. The minimum absolute atomic E-state index is 0.222. The number of amides is 1. The van der Waals surface area contributed by atoms with Gasteiger partial charge in [0.15, 0.2) is 0 Å². The number of rotatable bonds is 21. The number of nitrogens with one attached hydrogen (secondary N) is 1. The largest absolute Gasteiger partial charge is 0.356 e. The second-order valence-electron chi connectivity index (χ2n) is 8.07. The molecular formula is C24H49NO. The van der Waals surface area contributed by atoms with Gasteiger partial charge in [0.05, 0.1) is 0 Å². The highest BCUT2D eigenvalue weighted by molar-refractivity contribution is 5.75. The van der Waals surface area contributed by atoms with Crippen LogP contribution < -0.4 is 5.32 Å². The van der Waals surface area contributed by atoms with E-state index < -0.39 is 0 Å². The fourth-order valence-electron chi connectivity index (χ4n) is 3.65. The lowest BCUT2D eigenvalue weighted by Crippen LogP contribution is -2.21. The van der Waals surface area contributed by atoms with Crippen LogP contribution in [0.15, 0.2) is 0 Å². The van der Waals surface area contributed by atoms with Gasteiger partial charge < -0.3 is 5.32 Å². The summed E-state index contributed by atoms with van der Waals surface area (Å²) in [5, 5.41) is 2.87. The van der Waals surface area contributed by atoms with Gasteiger partial charge in [-0.1, -0.05) is 122 Å². The van der Waals surface area contributed by atoms with Crippen molar-refractivity contribution in [1.29, 1.82) is 0 Å². The molecule has 1 amide bonds. The zero-order valence-corrected chi connectivity index (χ0v) is 18.3. The molecule has 0 radical (unpaired) electrons. The molecule has 0 aliphatic rings. The lowest BCUT2D eigenvalue weighted by molar-refractivity contribution is -0.121. The van der Waals surface area contributed by atoms with Gasteiger partial charge in [0, 0.05) is 13.0 Å². The summed E-state index contributed by atoms with van der Waals surface area (Å²) >= 11 is 0. The molecule has 0 aromatic rings. The van der Waals surface area contributed by atoms with Crippen LogP contribution in [0.5, 0.6) is 0 Å². The third-order valence-electron chi connectivity index (χ3n) is 5.38. The van der Waals surface area contributed by atoms with E-state index >= 15 is 0 Å². The maximum atomic E-state index is 11.3. The van der Waals surface area contributed by atoms with Crippen LogP contribution in [-0.2, 0) is 4.79 Å². The van der Waals surface area contributed by atoms with E-state index in [0.717, 1.165) is 13.0 Å². The minimum Gasteiger partial charge on any atom is -0.356 e. The molecule has 0 spiro atoms. The topological polar surface area (TPSA) is 29.1 Å². The second-order valence-corrected chi connectivity index (χ2v) is 8.07. The van der Waals surface area contributed by atoms with Crippen LogP contribution in [0.4, 0.5) is 0 Å². The number of unbranched alkanes of at least 4 members (excludes halogenated alkanes) is 18. The van der Waals surface area contributed by atoms with Crippen LogP contribution in [0.3, 0.4) is 0 Å². The van der Waals surface area contributed by atoms with Gasteiger partial charge >= 0.3 is 0 Å². The molecule has 0 unspecified atom stereocenters. The smallest absolute Gasteiger partial charge is 0.219 e. The molecule has 156 valence electrons. The fourth-order valence-corrected chi connectivity index (χ4v) is 3.65. The van der Waals surface area contributed by atoms with Crippen molar-refractivity contribution in [3.05, 3.63) is 0 Å². The summed E-state index contributed by atoms with van der Waals surface area (Å²) in [4.78, 5) is 11.3. The average Bonchev–Trinajstić information content (AvgIpc) is 2.64. The third-order valence-corrected chi connectivity index (χ3v) is 5.38. The van der Waals surface area contributed by atoms with Gasteiger partial charge in [0.1, 0.15) is 0 Å². The van der Waals surface area contributed by atoms with Crippen LogP contribution in [0.2, 0.25) is 0 Å². The van der Waals surface area contributed by atoms with Gasteiger partial charge in [-0.3, -0.25) is 4.79 Å². The molecule has 2 nitrogen and oxygen atoms in total. The van der Waals surface area contributed by atoms with Crippen molar-refractivity contribution in [2.75, 3.05) is 6.54 Å². The Bertz CT molecular complexity index is 277. The molecule has 0 atom stereocenters. The molecule has 0 heterocycles. The van der Waals surface area contributed by atoms with Crippen molar-refractivity contribution in [1.82, 2.24) is 5.32 Å². The first-order valence-corrected chi connectivity index (χ1v) is 12.1. The molecule has 0 saturated heterocycles. The summed E-state index contributed by atoms with van der Waals surface area (Å²) in [6.07, 6.45) is 27.2. The van der Waals surface area contributed by atoms with Gasteiger partial charge in [-0.2, -0.15) is 0 Å². The molecule has 1 N–H and O–H groups in total. The summed E-state index contributed by atoms with van der Waals surface area (Å²) in [7, 11) is 0. The monoisotopic (exact) mass is 367 g/mol. The Balaban J connectivity index is 3.02. The Labute approximate surface area is 165 Å². The summed E-state index contributed by atoms with van der Waals surface area (Å²) in [5.74, 6) is 0.222. The quantitative estimate of drug-likeness (QED) is 0.205. The molecule has 0 aromatic heterocycles. The van der Waals surface area contributed by atoms with E-state index in [1.165, 1.54) is 116 Å². The summed E-state index contributed by atoms with van der Waals surface area (Å²) in [5.41, 5.74) is 0. The second kappa shape index (κ2) is 22.5. The summed E-state index contributed by atoms with van der Waals surface area (Å²) in [6.45, 7) is 5.03. The fraction of sp³-hybridized carbons (Fsp3) is 0.958. The Morgan fingerprint density at radius 2 is 0.808 bits per heavy atom. The van der Waals surface area contributed by atoms with Gasteiger partial charge in [-0.15, -0.1) is 0 Å². The van der Waals surface area contributed by atoms with E-state index in [0.29, 0.717) is 6.42 Å². The zero-order chi connectivity index (χ0) is 19.1. The van der Waals surface area contributed by atoms with Crippen molar-refractivity contribution >= 4 is 5.91 Å². The molecule has 0 rings (SSSR count). The highest BCUT2D eigenvalue weighted by Crippen LogP contribution is 2.14. The molecule has 0 saturated carbocycles. The van der Waals surface area contributed by atoms with Crippen LogP contribution in [0.1, 0.15) is 142 Å². The number of carbonyl (C=O) groups excluding carboxylic acids is 1. The van der Waals surface area contributed by atoms with Crippen molar-refractivity contribution < 1.29 is 4.79 Å². The number of carbonyl (C=O) groups is 1. The Kier molecular flexibility index (Phi) is 22.1. The third kappa shape index (κ3) is 21.5. The van der Waals surface area contributed by atoms with E-state index in [4.69, 9.17) is 0 Å². The molecular weight excluding hydrogens is 318 g/mol. The average molecular weight is 368 g/mol. The molecule has 2 heteroatoms. The standard InChI is InChI=1S/C24H49NO/c1-3-5-6-7-8-9-10-11-12-13-14-15-16-17-18-19-20-21-22-23-24(26)25-4-2/h3-23H2,1-2H3,(H,25,26). The van der Waals surface area contributed by atoms with E-state index in [1.54, 1.807) is 0 Å². The van der Waals surface area contributed by atoms with Crippen LogP contribution in [0, 0.1) is 0 Å². The van der Waals surface area contributed by atoms with Gasteiger partial charge in [-0.05, 0) is 13.3 Å². The lowest BCUT2D eigenvalue weighted by Gasteiger charge is -2.04. The van der Waals surface area contributed by atoms with Crippen molar-refractivity contribution in [2.24, 2.45) is 0 Å². The van der Waals surface area contributed by atoms with Crippen LogP contribution in [0.25, 0.3) is 0 Å². The van der Waals surface area contributed by atoms with Crippen molar-refractivity contribution in [2.45, 2.75) is 142 Å². The molecule has 0 fully saturated rings. The summed E-state index contributed by atoms with van der Waals surface area (Å²) < 4.78 is 0. The van der Waals surface area contributed by atoms with E-state index in [2.05, 4.69) is 12.2 Å². The summed E-state index contributed by atoms with van der Waals surface area (Å²) in [6, 6.07) is 0. The molecule has 0 bridgehead atoms. The Hall–Kier alpha value is -0.530. The van der Waals surface area contributed by atoms with E-state index in [-0.39, 0.29) is 5.91 Å². The highest BCUT2D eigenvalue weighted by Gasteiger charge is 1.99. The first-order valence-electron chi connectivity index (χ1n) is 12.1. The molecule has 0 aromatic carbocycles.